The van der Waals surface area contributed by atoms with Gasteiger partial charge in [-0.3, -0.25) is 20.4 Å². The summed E-state index contributed by atoms with van der Waals surface area (Å²) in [6, 6.07) is 5.81. The summed E-state index contributed by atoms with van der Waals surface area (Å²) in [7, 11) is 1.54. The molecule has 6 heteroatoms. The molecule has 1 aromatic rings. The summed E-state index contributed by atoms with van der Waals surface area (Å²) in [5.41, 5.74) is 10.2. The molecule has 92 valence electrons. The molecule has 0 aliphatic rings. The van der Waals surface area contributed by atoms with Gasteiger partial charge in [-0.2, -0.15) is 0 Å². The summed E-state index contributed by atoms with van der Waals surface area (Å²) in [6.45, 7) is 1.52. The quantitative estimate of drug-likeness (QED) is 0.635. The zero-order valence-corrected chi connectivity index (χ0v) is 9.69. The number of carbonyl (C=O) groups excluding carboxylic acids is 2. The Morgan fingerprint density at radius 1 is 1.24 bits per heavy atom. The van der Waals surface area contributed by atoms with Gasteiger partial charge in [0.1, 0.15) is 5.75 Å². The summed E-state index contributed by atoms with van der Waals surface area (Å²) in [6.07, 6.45) is 0. The van der Waals surface area contributed by atoms with E-state index in [4.69, 9.17) is 10.5 Å². The van der Waals surface area contributed by atoms with Gasteiger partial charge < -0.3 is 10.5 Å². The molecule has 0 fully saturated rings. The normalized spacial score (nSPS) is 11.5. The van der Waals surface area contributed by atoms with E-state index in [1.165, 1.54) is 14.0 Å². The number of hydrogen-bond acceptors (Lipinski definition) is 4. The third kappa shape index (κ3) is 3.76. The Labute approximate surface area is 99.1 Å². The van der Waals surface area contributed by atoms with Gasteiger partial charge in [0.15, 0.2) is 0 Å². The highest BCUT2D eigenvalue weighted by Crippen LogP contribution is 2.10. The van der Waals surface area contributed by atoms with Crippen molar-refractivity contribution in [2.45, 2.75) is 13.0 Å². The lowest BCUT2D eigenvalue weighted by atomic mass is 10.2. The Bertz CT molecular complexity index is 401. The van der Waals surface area contributed by atoms with Crippen LogP contribution in [0.2, 0.25) is 0 Å². The van der Waals surface area contributed by atoms with Gasteiger partial charge in [0, 0.05) is 5.56 Å². The van der Waals surface area contributed by atoms with Crippen molar-refractivity contribution in [3.63, 3.8) is 0 Å². The molecule has 1 rings (SSSR count). The molecular weight excluding hydrogens is 222 g/mol. The Morgan fingerprint density at radius 2 is 1.82 bits per heavy atom. The van der Waals surface area contributed by atoms with Gasteiger partial charge >= 0.3 is 0 Å². The van der Waals surface area contributed by atoms with Crippen molar-refractivity contribution in [1.29, 1.82) is 0 Å². The van der Waals surface area contributed by atoms with Gasteiger partial charge in [-0.05, 0) is 31.2 Å². The minimum atomic E-state index is -0.675. The molecule has 0 aromatic heterocycles. The van der Waals surface area contributed by atoms with Crippen LogP contribution in [0.5, 0.6) is 5.75 Å². The second-order valence-corrected chi connectivity index (χ2v) is 3.46. The second kappa shape index (κ2) is 5.86. The summed E-state index contributed by atoms with van der Waals surface area (Å²) >= 11 is 0. The van der Waals surface area contributed by atoms with Crippen molar-refractivity contribution in [3.05, 3.63) is 29.8 Å². The molecule has 0 saturated carbocycles. The van der Waals surface area contributed by atoms with Crippen LogP contribution >= 0.6 is 0 Å². The number of amides is 2. The maximum Gasteiger partial charge on any atom is 0.269 e. The van der Waals surface area contributed by atoms with Crippen LogP contribution in [-0.4, -0.2) is 25.0 Å². The number of hydrazine groups is 1. The first-order chi connectivity index (χ1) is 8.04. The first-order valence-corrected chi connectivity index (χ1v) is 5.04. The van der Waals surface area contributed by atoms with E-state index in [0.717, 1.165) is 0 Å². The van der Waals surface area contributed by atoms with Crippen LogP contribution in [0.1, 0.15) is 17.3 Å². The van der Waals surface area contributed by atoms with E-state index in [2.05, 4.69) is 10.9 Å². The Kier molecular flexibility index (Phi) is 4.47. The van der Waals surface area contributed by atoms with Crippen molar-refractivity contribution in [2.75, 3.05) is 7.11 Å². The number of carbonyl (C=O) groups is 2. The van der Waals surface area contributed by atoms with E-state index in [9.17, 15) is 9.59 Å². The van der Waals surface area contributed by atoms with Crippen molar-refractivity contribution < 1.29 is 14.3 Å². The lowest BCUT2D eigenvalue weighted by Gasteiger charge is -2.09. The number of benzene rings is 1. The molecule has 0 heterocycles. The zero-order valence-electron chi connectivity index (χ0n) is 9.69. The monoisotopic (exact) mass is 237 g/mol. The van der Waals surface area contributed by atoms with Crippen molar-refractivity contribution in [3.8, 4) is 5.75 Å². The van der Waals surface area contributed by atoms with Crippen LogP contribution in [0, 0.1) is 0 Å². The maximum absolute atomic E-state index is 11.6. The first-order valence-electron chi connectivity index (χ1n) is 5.04. The van der Waals surface area contributed by atoms with E-state index >= 15 is 0 Å². The smallest absolute Gasteiger partial charge is 0.269 e. The number of methoxy groups -OCH3 is 1. The van der Waals surface area contributed by atoms with Crippen molar-refractivity contribution >= 4 is 11.8 Å². The largest absolute Gasteiger partial charge is 0.497 e. The standard InChI is InChI=1S/C11H15N3O3/c1-7(12)10(15)13-14-11(16)8-3-5-9(17-2)6-4-8/h3-7H,12H2,1-2H3,(H,13,15)(H,14,16). The molecule has 1 unspecified atom stereocenters. The number of rotatable bonds is 3. The number of nitrogens with two attached hydrogens (primary N) is 1. The second-order valence-electron chi connectivity index (χ2n) is 3.46. The third-order valence-electron chi connectivity index (χ3n) is 2.07. The van der Waals surface area contributed by atoms with E-state index in [0.29, 0.717) is 11.3 Å². The molecule has 4 N–H and O–H groups in total. The summed E-state index contributed by atoms with van der Waals surface area (Å²) < 4.78 is 4.96. The summed E-state index contributed by atoms with van der Waals surface area (Å²) in [5, 5.41) is 0. The molecule has 0 bridgehead atoms. The van der Waals surface area contributed by atoms with Crippen LogP contribution in [-0.2, 0) is 4.79 Å². The third-order valence-corrected chi connectivity index (χ3v) is 2.07. The Hall–Kier alpha value is -2.08. The fourth-order valence-corrected chi connectivity index (χ4v) is 1.05. The molecule has 2 amide bonds. The van der Waals surface area contributed by atoms with Gasteiger partial charge in [0.2, 0.25) is 0 Å². The number of nitrogens with one attached hydrogen (secondary N) is 2. The summed E-state index contributed by atoms with van der Waals surface area (Å²) in [5.74, 6) is -0.213. The van der Waals surface area contributed by atoms with Crippen LogP contribution in [0.15, 0.2) is 24.3 Å². The minimum absolute atomic E-state index is 0.413. The molecule has 0 saturated heterocycles. The topological polar surface area (TPSA) is 93.5 Å². The molecule has 0 aliphatic heterocycles. The molecule has 0 radical (unpaired) electrons. The minimum Gasteiger partial charge on any atom is -0.497 e. The van der Waals surface area contributed by atoms with E-state index in [1.807, 2.05) is 0 Å². The fraction of sp³-hybridized carbons (Fsp3) is 0.273. The number of ether oxygens (including phenoxy) is 1. The Morgan fingerprint density at radius 3 is 2.29 bits per heavy atom. The van der Waals surface area contributed by atoms with E-state index < -0.39 is 17.9 Å². The van der Waals surface area contributed by atoms with Gasteiger partial charge in [0.05, 0.1) is 13.2 Å². The maximum atomic E-state index is 11.6. The number of hydrogen-bond donors (Lipinski definition) is 3. The highest BCUT2D eigenvalue weighted by molar-refractivity contribution is 5.95. The molecule has 0 aliphatic carbocycles. The van der Waals surface area contributed by atoms with Crippen LogP contribution in [0.4, 0.5) is 0 Å². The highest BCUT2D eigenvalue weighted by Gasteiger charge is 2.09. The van der Waals surface area contributed by atoms with E-state index in [-0.39, 0.29) is 0 Å². The van der Waals surface area contributed by atoms with Crippen LogP contribution in [0.3, 0.4) is 0 Å². The molecule has 17 heavy (non-hydrogen) atoms. The van der Waals surface area contributed by atoms with Gasteiger partial charge in [-0.15, -0.1) is 0 Å². The lowest BCUT2D eigenvalue weighted by Crippen LogP contribution is -2.48. The van der Waals surface area contributed by atoms with Gasteiger partial charge in [0.25, 0.3) is 11.8 Å². The van der Waals surface area contributed by atoms with Crippen LogP contribution < -0.4 is 21.3 Å². The Balaban J connectivity index is 2.55. The average Bonchev–Trinajstić information content (AvgIpc) is 2.35. The van der Waals surface area contributed by atoms with Crippen molar-refractivity contribution in [1.82, 2.24) is 10.9 Å². The molecule has 0 spiro atoms. The lowest BCUT2D eigenvalue weighted by molar-refractivity contribution is -0.122. The van der Waals surface area contributed by atoms with Crippen LogP contribution in [0.25, 0.3) is 0 Å². The molecule has 1 atom stereocenters. The van der Waals surface area contributed by atoms with Gasteiger partial charge in [-0.25, -0.2) is 0 Å². The highest BCUT2D eigenvalue weighted by atomic mass is 16.5. The summed E-state index contributed by atoms with van der Waals surface area (Å²) in [4.78, 5) is 22.7. The fourth-order valence-electron chi connectivity index (χ4n) is 1.05. The molecule has 1 aromatic carbocycles. The van der Waals surface area contributed by atoms with Gasteiger partial charge in [-0.1, -0.05) is 0 Å². The van der Waals surface area contributed by atoms with Crippen molar-refractivity contribution in [2.24, 2.45) is 5.73 Å². The zero-order chi connectivity index (χ0) is 12.8. The molecule has 6 nitrogen and oxygen atoms in total. The SMILES string of the molecule is COc1ccc(C(=O)NNC(=O)C(C)N)cc1. The van der Waals surface area contributed by atoms with E-state index in [1.54, 1.807) is 24.3 Å². The average molecular weight is 237 g/mol. The predicted octanol–water partition coefficient (Wildman–Crippen LogP) is -0.197. The first kappa shape index (κ1) is 13.0. The predicted molar refractivity (Wildman–Crippen MR) is 62.3 cm³/mol. The molecular formula is C11H15N3O3.